The molecule has 5 nitrogen and oxygen atoms in total. The molecule has 0 rings (SSSR count). The summed E-state index contributed by atoms with van der Waals surface area (Å²) in [7, 11) is -1.75. The van der Waals surface area contributed by atoms with Crippen LogP contribution in [-0.4, -0.2) is 25.7 Å². The molecule has 0 aliphatic heterocycles. The minimum absolute atomic E-state index is 0.145. The minimum atomic E-state index is -1.75. The average Bonchev–Trinajstić information content (AvgIpc) is 2.29. The van der Waals surface area contributed by atoms with Gasteiger partial charge in [-0.2, -0.15) is 0 Å². The highest BCUT2D eigenvalue weighted by Crippen LogP contribution is 2.35. The highest BCUT2D eigenvalue weighted by Gasteiger charge is 2.33. The van der Waals surface area contributed by atoms with Crippen molar-refractivity contribution in [3.05, 3.63) is 10.4 Å². The largest absolute Gasteiger partial charge is 0.460 e. The molecule has 0 spiro atoms. The van der Waals surface area contributed by atoms with Gasteiger partial charge in [0, 0.05) is 11.3 Å². The van der Waals surface area contributed by atoms with Crippen molar-refractivity contribution in [3.63, 3.8) is 0 Å². The van der Waals surface area contributed by atoms with Crippen molar-refractivity contribution in [2.24, 2.45) is 5.11 Å². The van der Waals surface area contributed by atoms with E-state index >= 15 is 0 Å². The van der Waals surface area contributed by atoms with Gasteiger partial charge in [-0.15, -0.1) is 11.5 Å². The van der Waals surface area contributed by atoms with Crippen LogP contribution in [0.1, 0.15) is 54.4 Å². The first-order valence-corrected chi connectivity index (χ1v) is 10.6. The number of hydrogen-bond donors (Lipinski definition) is 0. The molecule has 0 aromatic carbocycles. The van der Waals surface area contributed by atoms with Crippen LogP contribution < -0.4 is 0 Å². The summed E-state index contributed by atoms with van der Waals surface area (Å²) in [5.41, 5.74) is 11.5. The van der Waals surface area contributed by atoms with E-state index in [-0.39, 0.29) is 17.4 Å². The Morgan fingerprint density at radius 2 is 1.82 bits per heavy atom. The molecule has 22 heavy (non-hydrogen) atoms. The molecular formula is C16H29N3O2Si. The fraction of sp³-hybridized carbons (Fsp3) is 0.812. The van der Waals surface area contributed by atoms with E-state index in [4.69, 9.17) is 10.3 Å². The van der Waals surface area contributed by atoms with Gasteiger partial charge in [0.25, 0.3) is 0 Å². The van der Waals surface area contributed by atoms with Crippen molar-refractivity contribution in [2.75, 3.05) is 0 Å². The second kappa shape index (κ2) is 7.71. The third-order valence-electron chi connectivity index (χ3n) is 3.66. The first kappa shape index (κ1) is 20.6. The minimum Gasteiger partial charge on any atom is -0.460 e. The number of rotatable bonds is 4. The molecular weight excluding hydrogens is 294 g/mol. The van der Waals surface area contributed by atoms with E-state index < -0.39 is 19.7 Å². The van der Waals surface area contributed by atoms with E-state index in [2.05, 4.69) is 55.4 Å². The number of hydrogen-bond acceptors (Lipinski definition) is 3. The topological polar surface area (TPSA) is 75.1 Å². The van der Waals surface area contributed by atoms with E-state index in [1.165, 1.54) is 0 Å². The van der Waals surface area contributed by atoms with Gasteiger partial charge in [-0.05, 0) is 37.8 Å². The summed E-state index contributed by atoms with van der Waals surface area (Å²) in [6, 6.07) is -0.480. The van der Waals surface area contributed by atoms with E-state index in [1.54, 1.807) is 0 Å². The lowest BCUT2D eigenvalue weighted by Crippen LogP contribution is -2.35. The van der Waals surface area contributed by atoms with Crippen LogP contribution >= 0.6 is 0 Å². The molecule has 124 valence electrons. The third kappa shape index (κ3) is 8.11. The number of esters is 1. The molecule has 0 aliphatic carbocycles. The molecule has 0 aromatic heterocycles. The maximum Gasteiger partial charge on any atom is 0.306 e. The molecule has 0 bridgehead atoms. The second-order valence-electron chi connectivity index (χ2n) is 7.99. The van der Waals surface area contributed by atoms with Crippen LogP contribution in [0.15, 0.2) is 5.11 Å². The van der Waals surface area contributed by atoms with Gasteiger partial charge in [-0.3, -0.25) is 4.79 Å². The van der Waals surface area contributed by atoms with Crippen LogP contribution in [0.5, 0.6) is 0 Å². The molecule has 0 aromatic rings. The van der Waals surface area contributed by atoms with Gasteiger partial charge in [-0.1, -0.05) is 39.0 Å². The van der Waals surface area contributed by atoms with Crippen molar-refractivity contribution < 1.29 is 9.53 Å². The summed E-state index contributed by atoms with van der Waals surface area (Å²) >= 11 is 0. The Balaban J connectivity index is 4.86. The average molecular weight is 324 g/mol. The standard InChI is InChI=1S/C16H29N3O2Si/c1-15(2,3)21-14(20)10-9-13(18-19-17)11-12-22(7,8)16(4,5)6/h13H,9-10H2,1-8H3. The number of carbonyl (C=O) groups is 1. The highest BCUT2D eigenvalue weighted by atomic mass is 28.3. The summed E-state index contributed by atoms with van der Waals surface area (Å²) in [5, 5.41) is 3.84. The normalized spacial score (nSPS) is 13.5. The lowest BCUT2D eigenvalue weighted by Gasteiger charge is -2.31. The molecule has 0 radical (unpaired) electrons. The Morgan fingerprint density at radius 3 is 2.23 bits per heavy atom. The van der Waals surface area contributed by atoms with Crippen molar-refractivity contribution in [1.82, 2.24) is 0 Å². The van der Waals surface area contributed by atoms with Crippen LogP contribution in [-0.2, 0) is 9.53 Å². The Morgan fingerprint density at radius 1 is 1.27 bits per heavy atom. The van der Waals surface area contributed by atoms with Crippen molar-refractivity contribution in [2.45, 2.75) is 84.2 Å². The Bertz CT molecular complexity index is 498. The molecule has 0 saturated carbocycles. The van der Waals surface area contributed by atoms with E-state index in [9.17, 15) is 4.79 Å². The lowest BCUT2D eigenvalue weighted by molar-refractivity contribution is -0.154. The Hall–Kier alpha value is -1.44. The summed E-state index contributed by atoms with van der Waals surface area (Å²) in [6.07, 6.45) is 0.591. The van der Waals surface area contributed by atoms with Gasteiger partial charge in [0.2, 0.25) is 0 Å². The number of carbonyl (C=O) groups excluding carboxylic acids is 1. The summed E-state index contributed by atoms with van der Waals surface area (Å²) < 4.78 is 5.25. The number of azide groups is 1. The predicted octanol–water partition coefficient (Wildman–Crippen LogP) is 4.84. The maximum atomic E-state index is 11.7. The fourth-order valence-electron chi connectivity index (χ4n) is 1.32. The number of ether oxygens (including phenoxy) is 1. The molecule has 1 atom stereocenters. The van der Waals surface area contributed by atoms with Gasteiger partial charge >= 0.3 is 5.97 Å². The van der Waals surface area contributed by atoms with Crippen molar-refractivity contribution in [1.29, 1.82) is 0 Å². The van der Waals surface area contributed by atoms with Crippen molar-refractivity contribution >= 4 is 14.0 Å². The van der Waals surface area contributed by atoms with Gasteiger partial charge in [0.05, 0.1) is 6.04 Å². The van der Waals surface area contributed by atoms with Crippen LogP contribution in [0, 0.1) is 11.5 Å². The lowest BCUT2D eigenvalue weighted by atomic mass is 10.1. The van der Waals surface area contributed by atoms with E-state index in [0.717, 1.165) is 0 Å². The first-order chi connectivity index (χ1) is 9.78. The van der Waals surface area contributed by atoms with Crippen molar-refractivity contribution in [3.8, 4) is 11.5 Å². The van der Waals surface area contributed by atoms with Crippen LogP contribution in [0.3, 0.4) is 0 Å². The van der Waals surface area contributed by atoms with Gasteiger partial charge in [0.15, 0.2) is 0 Å². The highest BCUT2D eigenvalue weighted by molar-refractivity contribution is 6.87. The molecule has 0 aliphatic rings. The molecule has 0 amide bonds. The van der Waals surface area contributed by atoms with Gasteiger partial charge < -0.3 is 4.74 Å². The molecule has 1 unspecified atom stereocenters. The second-order valence-corrected chi connectivity index (χ2v) is 13.0. The fourth-order valence-corrected chi connectivity index (χ4v) is 2.22. The zero-order valence-corrected chi connectivity index (χ0v) is 16.1. The summed E-state index contributed by atoms with van der Waals surface area (Å²) in [6.45, 7) is 16.4. The molecule has 0 N–H and O–H groups in total. The van der Waals surface area contributed by atoms with E-state index in [0.29, 0.717) is 6.42 Å². The molecule has 0 heterocycles. The van der Waals surface area contributed by atoms with Gasteiger partial charge in [-0.25, -0.2) is 0 Å². The van der Waals surface area contributed by atoms with E-state index in [1.807, 2.05) is 20.8 Å². The molecule has 0 fully saturated rings. The maximum absolute atomic E-state index is 11.7. The Kier molecular flexibility index (Phi) is 7.20. The van der Waals surface area contributed by atoms with Crippen LogP contribution in [0.4, 0.5) is 0 Å². The molecule has 0 saturated heterocycles. The zero-order chi connectivity index (χ0) is 17.6. The summed E-state index contributed by atoms with van der Waals surface area (Å²) in [5.74, 6) is 2.78. The quantitative estimate of drug-likeness (QED) is 0.185. The van der Waals surface area contributed by atoms with Crippen LogP contribution in [0.25, 0.3) is 10.4 Å². The monoisotopic (exact) mass is 323 g/mol. The smallest absolute Gasteiger partial charge is 0.306 e. The first-order valence-electron chi connectivity index (χ1n) is 7.57. The zero-order valence-electron chi connectivity index (χ0n) is 15.1. The predicted molar refractivity (Wildman–Crippen MR) is 93.0 cm³/mol. The van der Waals surface area contributed by atoms with Gasteiger partial charge in [0.1, 0.15) is 13.7 Å². The third-order valence-corrected chi connectivity index (χ3v) is 8.18. The van der Waals surface area contributed by atoms with Crippen LogP contribution in [0.2, 0.25) is 18.1 Å². The number of nitrogens with zero attached hydrogens (tertiary/aromatic N) is 3. The molecule has 6 heteroatoms. The Labute approximate surface area is 135 Å². The summed E-state index contributed by atoms with van der Waals surface area (Å²) in [4.78, 5) is 14.6. The SMILES string of the molecule is CC(C)(C)OC(=O)CCC(C#C[Si](C)(C)C(C)(C)C)N=[N+]=[N-].